The number of nitrogens with one attached hydrogen (secondary N) is 2. The zero-order valence-corrected chi connectivity index (χ0v) is 25.5. The molecule has 3 amide bonds. The van der Waals surface area contributed by atoms with E-state index in [0.29, 0.717) is 48.1 Å². The van der Waals surface area contributed by atoms with E-state index >= 15 is 0 Å². The lowest BCUT2D eigenvalue weighted by molar-refractivity contribution is 0.00922. The summed E-state index contributed by atoms with van der Waals surface area (Å²) in [6, 6.07) is 19.6. The summed E-state index contributed by atoms with van der Waals surface area (Å²) in [4.78, 5) is 30.5. The second kappa shape index (κ2) is 14.4. The highest BCUT2D eigenvalue weighted by atomic mass is 35.5. The molecule has 3 atom stereocenters. The summed E-state index contributed by atoms with van der Waals surface area (Å²) < 4.78 is 17.5. The van der Waals surface area contributed by atoms with Crippen molar-refractivity contribution in [1.29, 1.82) is 0 Å². The first-order valence-corrected chi connectivity index (χ1v) is 14.3. The first-order valence-electron chi connectivity index (χ1n) is 13.9. The number of likely N-dealkylation sites (N-methyl/N-ethyl adjacent to an activating group) is 1. The number of nitrogens with zero attached hydrogens (tertiary/aromatic N) is 2. The minimum atomic E-state index is -0.466. The van der Waals surface area contributed by atoms with Gasteiger partial charge >= 0.3 is 6.03 Å². The highest BCUT2D eigenvalue weighted by molar-refractivity contribution is 6.31. The summed E-state index contributed by atoms with van der Waals surface area (Å²) in [5.41, 5.74) is 2.36. The van der Waals surface area contributed by atoms with Crippen LogP contribution in [0.4, 0.5) is 16.2 Å². The van der Waals surface area contributed by atoms with Crippen LogP contribution in [0.3, 0.4) is 0 Å². The highest BCUT2D eigenvalue weighted by Crippen LogP contribution is 2.28. The molecule has 0 fully saturated rings. The predicted octanol–water partition coefficient (Wildman–Crippen LogP) is 6.00. The molecule has 10 heteroatoms. The van der Waals surface area contributed by atoms with E-state index in [1.54, 1.807) is 55.5 Å². The number of rotatable bonds is 6. The van der Waals surface area contributed by atoms with E-state index in [-0.39, 0.29) is 24.0 Å². The summed E-state index contributed by atoms with van der Waals surface area (Å²) in [6.45, 7) is 6.34. The van der Waals surface area contributed by atoms with Gasteiger partial charge in [0, 0.05) is 50.5 Å². The third kappa shape index (κ3) is 7.73. The molecule has 0 aromatic heterocycles. The zero-order valence-electron chi connectivity index (χ0n) is 24.7. The van der Waals surface area contributed by atoms with E-state index in [4.69, 9.17) is 25.8 Å². The van der Waals surface area contributed by atoms with Crippen LogP contribution in [0.2, 0.25) is 5.02 Å². The number of benzene rings is 3. The van der Waals surface area contributed by atoms with E-state index in [1.165, 1.54) is 7.11 Å². The topological polar surface area (TPSA) is 92.4 Å². The van der Waals surface area contributed by atoms with Crippen LogP contribution in [0, 0.1) is 5.92 Å². The van der Waals surface area contributed by atoms with E-state index in [2.05, 4.69) is 29.4 Å². The van der Waals surface area contributed by atoms with Crippen LogP contribution < -0.4 is 20.1 Å². The van der Waals surface area contributed by atoms with Gasteiger partial charge in [0.15, 0.2) is 0 Å². The van der Waals surface area contributed by atoms with Crippen molar-refractivity contribution in [3.8, 4) is 11.5 Å². The smallest absolute Gasteiger partial charge is 0.323 e. The Morgan fingerprint density at radius 1 is 1.02 bits per heavy atom. The fourth-order valence-electron chi connectivity index (χ4n) is 5.03. The van der Waals surface area contributed by atoms with Crippen LogP contribution >= 0.6 is 11.6 Å². The van der Waals surface area contributed by atoms with Crippen LogP contribution in [-0.4, -0.2) is 74.8 Å². The Morgan fingerprint density at radius 3 is 2.50 bits per heavy atom. The highest BCUT2D eigenvalue weighted by Gasteiger charge is 2.29. The predicted molar refractivity (Wildman–Crippen MR) is 166 cm³/mol. The molecule has 3 aromatic rings. The molecule has 42 heavy (non-hydrogen) atoms. The Hall–Kier alpha value is -3.79. The number of fused-ring (bicyclic) bond motifs is 1. The van der Waals surface area contributed by atoms with Gasteiger partial charge in [0.1, 0.15) is 18.1 Å². The van der Waals surface area contributed by atoms with Gasteiger partial charge in [-0.15, -0.1) is 0 Å². The maximum absolute atomic E-state index is 13.7. The van der Waals surface area contributed by atoms with Gasteiger partial charge < -0.3 is 29.7 Å². The molecule has 0 spiro atoms. The molecule has 0 bridgehead atoms. The van der Waals surface area contributed by atoms with Gasteiger partial charge in [0.25, 0.3) is 5.91 Å². The number of hydrogen-bond donors (Lipinski definition) is 2. The average Bonchev–Trinajstić information content (AvgIpc) is 2.98. The van der Waals surface area contributed by atoms with Crippen LogP contribution in [0.5, 0.6) is 11.5 Å². The van der Waals surface area contributed by atoms with E-state index < -0.39 is 6.03 Å². The number of para-hydroxylation sites is 2. The van der Waals surface area contributed by atoms with Gasteiger partial charge in [-0.05, 0) is 54.8 Å². The molecule has 2 N–H and O–H groups in total. The van der Waals surface area contributed by atoms with Gasteiger partial charge in [0.2, 0.25) is 0 Å². The number of urea groups is 1. The lowest BCUT2D eigenvalue weighted by Crippen LogP contribution is -2.46. The third-order valence-corrected chi connectivity index (χ3v) is 7.89. The minimum Gasteiger partial charge on any atom is -0.495 e. The Kier molecular flexibility index (Phi) is 10.7. The van der Waals surface area contributed by atoms with Gasteiger partial charge in [0.05, 0.1) is 24.5 Å². The lowest BCUT2D eigenvalue weighted by Gasteiger charge is -2.36. The van der Waals surface area contributed by atoms with Crippen molar-refractivity contribution in [2.45, 2.75) is 32.5 Å². The number of ether oxygens (including phenoxy) is 3. The minimum absolute atomic E-state index is 0.00534. The van der Waals surface area contributed by atoms with E-state index in [1.807, 2.05) is 30.3 Å². The molecule has 224 valence electrons. The molecule has 1 heterocycles. The SMILES string of the molecule is COc1ccccc1NC(=O)Nc1ccc2c(c1)C(=O)N(C)C[C@@H](OC)[C@H](C)CN(Cc1ccccc1Cl)[C@H](C)CO2. The van der Waals surface area contributed by atoms with Crippen molar-refractivity contribution in [3.05, 3.63) is 82.9 Å². The number of carbonyl (C=O) groups is 2. The fraction of sp³-hybridized carbons (Fsp3) is 0.375. The Bertz CT molecular complexity index is 1390. The molecule has 0 unspecified atom stereocenters. The van der Waals surface area contributed by atoms with Crippen molar-refractivity contribution in [1.82, 2.24) is 9.80 Å². The molecule has 9 nitrogen and oxygen atoms in total. The normalized spacial score (nSPS) is 20.0. The van der Waals surface area contributed by atoms with Gasteiger partial charge in [-0.2, -0.15) is 0 Å². The molecule has 1 aliphatic heterocycles. The second-order valence-corrected chi connectivity index (χ2v) is 11.0. The summed E-state index contributed by atoms with van der Waals surface area (Å²) in [6.07, 6.45) is -0.198. The zero-order chi connectivity index (χ0) is 30.2. The maximum Gasteiger partial charge on any atom is 0.323 e. The summed E-state index contributed by atoms with van der Waals surface area (Å²) in [5, 5.41) is 6.32. The van der Waals surface area contributed by atoms with Crippen LogP contribution in [-0.2, 0) is 11.3 Å². The van der Waals surface area contributed by atoms with E-state index in [9.17, 15) is 9.59 Å². The number of methoxy groups -OCH3 is 2. The largest absolute Gasteiger partial charge is 0.495 e. The molecule has 0 radical (unpaired) electrons. The number of amides is 3. The Labute approximate surface area is 252 Å². The molecule has 3 aromatic carbocycles. The average molecular weight is 595 g/mol. The number of carbonyl (C=O) groups excluding carboxylic acids is 2. The van der Waals surface area contributed by atoms with Crippen molar-refractivity contribution >= 4 is 34.9 Å². The number of halogens is 1. The van der Waals surface area contributed by atoms with Crippen LogP contribution in [0.15, 0.2) is 66.7 Å². The van der Waals surface area contributed by atoms with E-state index in [0.717, 1.165) is 17.1 Å². The summed E-state index contributed by atoms with van der Waals surface area (Å²) >= 11 is 6.51. The van der Waals surface area contributed by atoms with Crippen LogP contribution in [0.25, 0.3) is 0 Å². The molecule has 1 aliphatic rings. The Morgan fingerprint density at radius 2 is 1.76 bits per heavy atom. The van der Waals surface area contributed by atoms with Gasteiger partial charge in [-0.25, -0.2) is 4.79 Å². The summed E-state index contributed by atoms with van der Waals surface area (Å²) in [5.74, 6) is 0.861. The first-order chi connectivity index (χ1) is 20.2. The summed E-state index contributed by atoms with van der Waals surface area (Å²) in [7, 11) is 4.96. The Balaban J connectivity index is 1.59. The molecular weight excluding hydrogens is 556 g/mol. The lowest BCUT2D eigenvalue weighted by atomic mass is 10.0. The van der Waals surface area contributed by atoms with Gasteiger partial charge in [-0.1, -0.05) is 48.9 Å². The number of hydrogen-bond acceptors (Lipinski definition) is 6. The molecule has 0 saturated carbocycles. The van der Waals surface area contributed by atoms with Gasteiger partial charge in [-0.3, -0.25) is 9.69 Å². The van der Waals surface area contributed by atoms with Crippen molar-refractivity contribution in [2.24, 2.45) is 5.92 Å². The van der Waals surface area contributed by atoms with Crippen LogP contribution in [0.1, 0.15) is 29.8 Å². The van der Waals surface area contributed by atoms with Crippen molar-refractivity contribution in [2.75, 3.05) is 51.6 Å². The molecule has 0 saturated heterocycles. The second-order valence-electron chi connectivity index (χ2n) is 10.6. The number of anilines is 2. The van der Waals surface area contributed by atoms with Crippen molar-refractivity contribution in [3.63, 3.8) is 0 Å². The fourth-order valence-corrected chi connectivity index (χ4v) is 5.22. The van der Waals surface area contributed by atoms with Crippen molar-refractivity contribution < 1.29 is 23.8 Å². The molecule has 0 aliphatic carbocycles. The quantitative estimate of drug-likeness (QED) is 0.364. The third-order valence-electron chi connectivity index (χ3n) is 7.52. The molecular formula is C32H39ClN4O5. The monoisotopic (exact) mass is 594 g/mol. The maximum atomic E-state index is 13.7. The molecule has 4 rings (SSSR count). The standard InChI is InChI=1S/C32H39ClN4O5/c1-21-17-37(18-23-10-6-7-11-26(23)33)22(2)20-42-28-15-14-24(16-25(28)31(38)36(3)19-30(21)41-5)34-32(39)35-27-12-8-9-13-29(27)40-4/h6-16,21-22,30H,17-20H2,1-5H3,(H2,34,35,39)/t21-,22-,30-/m1/s1. The first kappa shape index (κ1) is 31.2.